The Hall–Kier alpha value is -1.09. The van der Waals surface area contributed by atoms with Gasteiger partial charge in [-0.15, -0.1) is 23.1 Å². The third kappa shape index (κ3) is 3.93. The van der Waals surface area contributed by atoms with Crippen LogP contribution in [-0.2, 0) is 15.6 Å². The van der Waals surface area contributed by atoms with Gasteiger partial charge in [-0.05, 0) is 24.3 Å². The Morgan fingerprint density at radius 3 is 2.58 bits per heavy atom. The van der Waals surface area contributed by atoms with Crippen molar-refractivity contribution in [3.8, 4) is 0 Å². The second kappa shape index (κ2) is 5.91. The zero-order valence-electron chi connectivity index (χ0n) is 10.2. The molecule has 0 radical (unpaired) electrons. The molecule has 0 saturated carbocycles. The summed E-state index contributed by atoms with van der Waals surface area (Å²) in [5.74, 6) is 6.04. The second-order valence-electron chi connectivity index (χ2n) is 3.81. The van der Waals surface area contributed by atoms with E-state index in [0.717, 1.165) is 15.5 Å². The number of sulfone groups is 1. The van der Waals surface area contributed by atoms with Crippen LogP contribution in [0, 0.1) is 0 Å². The van der Waals surface area contributed by atoms with E-state index in [-0.39, 0.29) is 0 Å². The number of thioether (sulfide) groups is 1. The highest BCUT2D eigenvalue weighted by Gasteiger charge is 2.07. The highest BCUT2D eigenvalue weighted by Crippen LogP contribution is 2.27. The average molecular weight is 315 g/mol. The van der Waals surface area contributed by atoms with Crippen molar-refractivity contribution in [2.24, 2.45) is 5.84 Å². The van der Waals surface area contributed by atoms with Gasteiger partial charge in [-0.25, -0.2) is 19.2 Å². The molecule has 0 spiro atoms. The summed E-state index contributed by atoms with van der Waals surface area (Å²) in [6.45, 7) is 0. The van der Waals surface area contributed by atoms with Crippen LogP contribution in [0.4, 0.5) is 5.13 Å². The largest absolute Gasteiger partial charge is 0.300 e. The van der Waals surface area contributed by atoms with Crippen molar-refractivity contribution in [1.82, 2.24) is 4.98 Å². The van der Waals surface area contributed by atoms with E-state index in [9.17, 15) is 8.42 Å². The van der Waals surface area contributed by atoms with Gasteiger partial charge in [0.05, 0.1) is 4.90 Å². The lowest BCUT2D eigenvalue weighted by atomic mass is 10.4. The zero-order chi connectivity index (χ0) is 13.9. The molecule has 1 aromatic heterocycles. The average Bonchev–Trinajstić information content (AvgIpc) is 2.84. The molecule has 19 heavy (non-hydrogen) atoms. The second-order valence-corrected chi connectivity index (χ2v) is 7.99. The molecule has 0 atom stereocenters. The summed E-state index contributed by atoms with van der Waals surface area (Å²) in [6.07, 6.45) is 2.98. The van der Waals surface area contributed by atoms with Gasteiger partial charge in [-0.2, -0.15) is 0 Å². The maximum absolute atomic E-state index is 11.3. The summed E-state index contributed by atoms with van der Waals surface area (Å²) in [4.78, 5) is 6.54. The van der Waals surface area contributed by atoms with Gasteiger partial charge in [-0.1, -0.05) is 0 Å². The monoisotopic (exact) mass is 315 g/mol. The molecule has 2 aromatic rings. The molecule has 2 rings (SSSR count). The third-order valence-electron chi connectivity index (χ3n) is 2.31. The Balaban J connectivity index is 2.00. The van der Waals surface area contributed by atoms with Gasteiger partial charge in [0.1, 0.15) is 0 Å². The molecule has 0 unspecified atom stereocenters. The molecular formula is C11H13N3O2S3. The van der Waals surface area contributed by atoms with Gasteiger partial charge in [0, 0.05) is 28.0 Å². The SMILES string of the molecule is CS(=O)(=O)c1ccc(SCc2cnc(NN)s2)cc1. The van der Waals surface area contributed by atoms with Crippen LogP contribution in [0.15, 0.2) is 40.3 Å². The van der Waals surface area contributed by atoms with Crippen LogP contribution in [0.1, 0.15) is 4.88 Å². The summed E-state index contributed by atoms with van der Waals surface area (Å²) in [7, 11) is -3.13. The van der Waals surface area contributed by atoms with Gasteiger partial charge in [0.2, 0.25) is 0 Å². The van der Waals surface area contributed by atoms with Crippen molar-refractivity contribution >= 4 is 38.1 Å². The highest BCUT2D eigenvalue weighted by atomic mass is 32.2. The summed E-state index contributed by atoms with van der Waals surface area (Å²) in [5.41, 5.74) is 2.50. The minimum atomic E-state index is -3.13. The molecule has 0 aliphatic rings. The number of benzene rings is 1. The normalized spacial score (nSPS) is 11.5. The number of nitrogen functional groups attached to an aromatic ring is 1. The number of hydrogen-bond acceptors (Lipinski definition) is 7. The number of thiazole rings is 1. The van der Waals surface area contributed by atoms with E-state index in [4.69, 9.17) is 5.84 Å². The van der Waals surface area contributed by atoms with Crippen molar-refractivity contribution in [2.75, 3.05) is 11.7 Å². The predicted octanol–water partition coefficient (Wildman–Crippen LogP) is 2.12. The topological polar surface area (TPSA) is 85.1 Å². The van der Waals surface area contributed by atoms with Crippen LogP contribution in [0.25, 0.3) is 0 Å². The molecule has 1 aromatic carbocycles. The lowest BCUT2D eigenvalue weighted by Crippen LogP contribution is -2.05. The summed E-state index contributed by atoms with van der Waals surface area (Å²) >= 11 is 3.12. The highest BCUT2D eigenvalue weighted by molar-refractivity contribution is 7.98. The Morgan fingerprint density at radius 2 is 2.05 bits per heavy atom. The zero-order valence-corrected chi connectivity index (χ0v) is 12.6. The molecule has 0 saturated heterocycles. The molecule has 0 aliphatic heterocycles. The first kappa shape index (κ1) is 14.3. The van der Waals surface area contributed by atoms with Gasteiger partial charge >= 0.3 is 0 Å². The van der Waals surface area contributed by atoms with E-state index in [1.807, 2.05) is 12.1 Å². The Bertz CT molecular complexity index is 650. The van der Waals surface area contributed by atoms with Crippen LogP contribution in [-0.4, -0.2) is 19.7 Å². The summed E-state index contributed by atoms with van der Waals surface area (Å²) in [6, 6.07) is 6.86. The number of hydrogen-bond donors (Lipinski definition) is 2. The van der Waals surface area contributed by atoms with Crippen molar-refractivity contribution in [3.63, 3.8) is 0 Å². The molecule has 0 amide bonds. The number of nitrogens with two attached hydrogens (primary N) is 1. The third-order valence-corrected chi connectivity index (χ3v) is 5.61. The smallest absolute Gasteiger partial charge is 0.197 e. The maximum Gasteiger partial charge on any atom is 0.197 e. The first-order chi connectivity index (χ1) is 8.99. The molecule has 0 bridgehead atoms. The molecule has 0 fully saturated rings. The number of rotatable bonds is 5. The van der Waals surface area contributed by atoms with Crippen LogP contribution >= 0.6 is 23.1 Å². The molecule has 3 N–H and O–H groups in total. The van der Waals surface area contributed by atoms with Crippen LogP contribution < -0.4 is 11.3 Å². The fraction of sp³-hybridized carbons (Fsp3) is 0.182. The fourth-order valence-electron chi connectivity index (χ4n) is 1.38. The summed E-state index contributed by atoms with van der Waals surface area (Å²) in [5, 5.41) is 0.683. The maximum atomic E-state index is 11.3. The van der Waals surface area contributed by atoms with E-state index >= 15 is 0 Å². The molecule has 5 nitrogen and oxygen atoms in total. The van der Waals surface area contributed by atoms with E-state index in [2.05, 4.69) is 10.4 Å². The lowest BCUT2D eigenvalue weighted by molar-refractivity contribution is 0.602. The Labute approximate surface area is 120 Å². The van der Waals surface area contributed by atoms with E-state index < -0.39 is 9.84 Å². The van der Waals surface area contributed by atoms with Crippen LogP contribution in [0.3, 0.4) is 0 Å². The standard InChI is InChI=1S/C11H13N3O2S3/c1-19(15,16)10-4-2-8(3-5-10)17-7-9-6-13-11(14-12)18-9/h2-6H,7,12H2,1H3,(H,13,14). The van der Waals surface area contributed by atoms with Gasteiger partial charge in [-0.3, -0.25) is 5.43 Å². The van der Waals surface area contributed by atoms with E-state index in [1.165, 1.54) is 17.6 Å². The van der Waals surface area contributed by atoms with Crippen LogP contribution in [0.5, 0.6) is 0 Å². The van der Waals surface area contributed by atoms with Gasteiger partial charge < -0.3 is 0 Å². The quantitative estimate of drug-likeness (QED) is 0.499. The Morgan fingerprint density at radius 1 is 1.37 bits per heavy atom. The van der Waals surface area contributed by atoms with E-state index in [1.54, 1.807) is 30.1 Å². The molecule has 1 heterocycles. The summed E-state index contributed by atoms with van der Waals surface area (Å²) < 4.78 is 22.7. The van der Waals surface area contributed by atoms with Gasteiger partial charge in [0.15, 0.2) is 15.0 Å². The molecule has 0 aliphatic carbocycles. The Kier molecular flexibility index (Phi) is 4.46. The number of anilines is 1. The number of hydrazine groups is 1. The van der Waals surface area contributed by atoms with Crippen molar-refractivity contribution in [1.29, 1.82) is 0 Å². The molecule has 102 valence electrons. The van der Waals surface area contributed by atoms with Crippen molar-refractivity contribution in [2.45, 2.75) is 15.5 Å². The predicted molar refractivity (Wildman–Crippen MR) is 79.0 cm³/mol. The van der Waals surface area contributed by atoms with Gasteiger partial charge in [0.25, 0.3) is 0 Å². The number of aromatic nitrogens is 1. The number of nitrogens with one attached hydrogen (secondary N) is 1. The first-order valence-electron chi connectivity index (χ1n) is 5.33. The first-order valence-corrected chi connectivity index (χ1v) is 9.02. The fourth-order valence-corrected chi connectivity index (χ4v) is 3.65. The van der Waals surface area contributed by atoms with E-state index in [0.29, 0.717) is 10.0 Å². The minimum Gasteiger partial charge on any atom is -0.300 e. The minimum absolute atomic E-state index is 0.337. The van der Waals surface area contributed by atoms with Crippen LogP contribution in [0.2, 0.25) is 0 Å². The number of nitrogens with zero attached hydrogens (tertiary/aromatic N) is 1. The van der Waals surface area contributed by atoms with Crippen molar-refractivity contribution in [3.05, 3.63) is 35.3 Å². The van der Waals surface area contributed by atoms with Crippen molar-refractivity contribution < 1.29 is 8.42 Å². The molecule has 8 heteroatoms. The molecular weight excluding hydrogens is 302 g/mol. The lowest BCUT2D eigenvalue weighted by Gasteiger charge is -2.01.